The molecule has 3 heterocycles. The molecule has 0 unspecified atom stereocenters. The molecule has 3 rings (SSSR count). The number of aromatic nitrogens is 3. The van der Waals surface area contributed by atoms with Gasteiger partial charge in [0.2, 0.25) is 11.9 Å². The summed E-state index contributed by atoms with van der Waals surface area (Å²) >= 11 is 0. The van der Waals surface area contributed by atoms with E-state index in [1.807, 2.05) is 27.7 Å². The molecule has 2 aliphatic heterocycles. The second-order valence-corrected chi connectivity index (χ2v) is 6.78. The van der Waals surface area contributed by atoms with Crippen LogP contribution in [0.1, 0.15) is 38.1 Å². The highest BCUT2D eigenvalue weighted by Gasteiger charge is 2.51. The first kappa shape index (κ1) is 14.2. The maximum absolute atomic E-state index is 11.6. The molecular formula is C15H23N5O. The average molecular weight is 289 g/mol. The largest absolute Gasteiger partial charge is 0.351 e. The van der Waals surface area contributed by atoms with E-state index >= 15 is 0 Å². The number of hydrogen-bond acceptors (Lipinski definition) is 5. The number of aryl methyl sites for hydroxylation is 2. The SMILES string of the molecule is Cc1nnc(N2CCC([C@H]3NC(=O)C3(C)C)CC2)nc1C. The van der Waals surface area contributed by atoms with Crippen LogP contribution in [0.15, 0.2) is 0 Å². The van der Waals surface area contributed by atoms with Crippen molar-refractivity contribution in [2.45, 2.75) is 46.6 Å². The van der Waals surface area contributed by atoms with Crippen LogP contribution in [0.3, 0.4) is 0 Å². The van der Waals surface area contributed by atoms with Gasteiger partial charge in [-0.3, -0.25) is 4.79 Å². The van der Waals surface area contributed by atoms with E-state index in [1.54, 1.807) is 0 Å². The molecule has 1 aromatic rings. The number of hydrogen-bond donors (Lipinski definition) is 1. The number of amides is 1. The quantitative estimate of drug-likeness (QED) is 0.829. The van der Waals surface area contributed by atoms with E-state index in [0.717, 1.165) is 43.3 Å². The monoisotopic (exact) mass is 289 g/mol. The van der Waals surface area contributed by atoms with Crippen LogP contribution < -0.4 is 10.2 Å². The fourth-order valence-corrected chi connectivity index (χ4v) is 3.29. The van der Waals surface area contributed by atoms with Gasteiger partial charge in [0.15, 0.2) is 0 Å². The summed E-state index contributed by atoms with van der Waals surface area (Å²) in [6.45, 7) is 9.83. The topological polar surface area (TPSA) is 71.0 Å². The average Bonchev–Trinajstić information content (AvgIpc) is 2.48. The van der Waals surface area contributed by atoms with E-state index in [2.05, 4.69) is 25.4 Å². The van der Waals surface area contributed by atoms with Gasteiger partial charge in [0.25, 0.3) is 0 Å². The Kier molecular flexibility index (Phi) is 3.34. The number of carbonyl (C=O) groups excluding carboxylic acids is 1. The molecule has 1 aromatic heterocycles. The molecule has 2 aliphatic rings. The van der Waals surface area contributed by atoms with Crippen LogP contribution in [0.4, 0.5) is 5.95 Å². The lowest BCUT2D eigenvalue weighted by atomic mass is 9.68. The van der Waals surface area contributed by atoms with Crippen molar-refractivity contribution in [3.8, 4) is 0 Å². The molecule has 0 aromatic carbocycles. The van der Waals surface area contributed by atoms with Crippen LogP contribution in [-0.2, 0) is 4.79 Å². The van der Waals surface area contributed by atoms with Crippen molar-refractivity contribution in [3.63, 3.8) is 0 Å². The van der Waals surface area contributed by atoms with Crippen molar-refractivity contribution in [3.05, 3.63) is 11.4 Å². The van der Waals surface area contributed by atoms with E-state index in [0.29, 0.717) is 12.0 Å². The molecule has 114 valence electrons. The molecule has 0 saturated carbocycles. The number of piperidine rings is 1. The predicted octanol–water partition coefficient (Wildman–Crippen LogP) is 1.23. The number of nitrogens with one attached hydrogen (secondary N) is 1. The van der Waals surface area contributed by atoms with Gasteiger partial charge in [-0.25, -0.2) is 4.98 Å². The zero-order valence-electron chi connectivity index (χ0n) is 13.2. The van der Waals surface area contributed by atoms with Gasteiger partial charge in [-0.1, -0.05) is 0 Å². The van der Waals surface area contributed by atoms with Gasteiger partial charge >= 0.3 is 0 Å². The Hall–Kier alpha value is -1.72. The van der Waals surface area contributed by atoms with E-state index in [1.165, 1.54) is 0 Å². The molecule has 1 N–H and O–H groups in total. The molecular weight excluding hydrogens is 266 g/mol. The molecule has 0 aliphatic carbocycles. The van der Waals surface area contributed by atoms with E-state index in [4.69, 9.17) is 0 Å². The summed E-state index contributed by atoms with van der Waals surface area (Å²) in [7, 11) is 0. The Bertz CT molecular complexity index is 563. The maximum atomic E-state index is 11.6. The molecule has 1 atom stereocenters. The zero-order valence-corrected chi connectivity index (χ0v) is 13.2. The van der Waals surface area contributed by atoms with Crippen molar-refractivity contribution in [1.82, 2.24) is 20.5 Å². The third-order valence-corrected chi connectivity index (χ3v) is 5.02. The molecule has 0 spiro atoms. The van der Waals surface area contributed by atoms with Crippen molar-refractivity contribution in [1.29, 1.82) is 0 Å². The van der Waals surface area contributed by atoms with Crippen molar-refractivity contribution < 1.29 is 4.79 Å². The van der Waals surface area contributed by atoms with Crippen LogP contribution in [-0.4, -0.2) is 40.2 Å². The number of β-lactam (4-membered cyclic amide) rings is 1. The molecule has 6 nitrogen and oxygen atoms in total. The van der Waals surface area contributed by atoms with Crippen LogP contribution in [0.25, 0.3) is 0 Å². The Balaban J connectivity index is 1.63. The standard InChI is InChI=1S/C15H23N5O/c1-9-10(2)18-19-14(16-9)20-7-5-11(6-8-20)12-15(3,4)13(21)17-12/h11-12H,5-8H2,1-4H3,(H,17,21)/t12-/m1/s1. The minimum atomic E-state index is -0.217. The Morgan fingerprint density at radius 2 is 1.81 bits per heavy atom. The Morgan fingerprint density at radius 1 is 1.14 bits per heavy atom. The summed E-state index contributed by atoms with van der Waals surface area (Å²) in [6.07, 6.45) is 2.12. The molecule has 0 radical (unpaired) electrons. The molecule has 6 heteroatoms. The van der Waals surface area contributed by atoms with Gasteiger partial charge in [0.1, 0.15) is 0 Å². The minimum Gasteiger partial charge on any atom is -0.351 e. The van der Waals surface area contributed by atoms with E-state index in [9.17, 15) is 4.79 Å². The summed E-state index contributed by atoms with van der Waals surface area (Å²) in [6, 6.07) is 0.311. The number of anilines is 1. The fraction of sp³-hybridized carbons (Fsp3) is 0.733. The van der Waals surface area contributed by atoms with Crippen LogP contribution in [0, 0.1) is 25.2 Å². The molecule has 2 fully saturated rings. The highest BCUT2D eigenvalue weighted by molar-refractivity contribution is 5.89. The first-order chi connectivity index (χ1) is 9.89. The highest BCUT2D eigenvalue weighted by Crippen LogP contribution is 2.38. The minimum absolute atomic E-state index is 0.177. The molecule has 0 bridgehead atoms. The highest BCUT2D eigenvalue weighted by atomic mass is 16.2. The smallest absolute Gasteiger partial charge is 0.245 e. The first-order valence-corrected chi connectivity index (χ1v) is 7.63. The predicted molar refractivity (Wildman–Crippen MR) is 79.9 cm³/mol. The Labute approximate surface area is 125 Å². The van der Waals surface area contributed by atoms with Gasteiger partial charge in [0.05, 0.1) is 16.8 Å². The lowest BCUT2D eigenvalue weighted by Crippen LogP contribution is -2.67. The van der Waals surface area contributed by atoms with Gasteiger partial charge < -0.3 is 10.2 Å². The third kappa shape index (κ3) is 2.36. The molecule has 21 heavy (non-hydrogen) atoms. The lowest BCUT2D eigenvalue weighted by molar-refractivity contribution is -0.145. The maximum Gasteiger partial charge on any atom is 0.245 e. The number of rotatable bonds is 2. The van der Waals surface area contributed by atoms with Gasteiger partial charge in [-0.05, 0) is 46.5 Å². The summed E-state index contributed by atoms with van der Waals surface area (Å²) in [5, 5.41) is 11.4. The molecule has 2 saturated heterocycles. The van der Waals surface area contributed by atoms with Crippen LogP contribution in [0.2, 0.25) is 0 Å². The second kappa shape index (κ2) is 4.93. The summed E-state index contributed by atoms with van der Waals surface area (Å²) in [5.41, 5.74) is 1.60. The summed E-state index contributed by atoms with van der Waals surface area (Å²) in [5.74, 6) is 1.46. The zero-order chi connectivity index (χ0) is 15.2. The fourth-order valence-electron chi connectivity index (χ4n) is 3.29. The van der Waals surface area contributed by atoms with Gasteiger partial charge in [-0.2, -0.15) is 5.10 Å². The van der Waals surface area contributed by atoms with E-state index < -0.39 is 0 Å². The first-order valence-electron chi connectivity index (χ1n) is 7.63. The van der Waals surface area contributed by atoms with Gasteiger partial charge in [0, 0.05) is 19.1 Å². The normalized spacial score (nSPS) is 25.4. The van der Waals surface area contributed by atoms with Crippen molar-refractivity contribution >= 4 is 11.9 Å². The van der Waals surface area contributed by atoms with Gasteiger partial charge in [-0.15, -0.1) is 5.10 Å². The van der Waals surface area contributed by atoms with Crippen molar-refractivity contribution in [2.75, 3.05) is 18.0 Å². The summed E-state index contributed by atoms with van der Waals surface area (Å²) < 4.78 is 0. The lowest BCUT2D eigenvalue weighted by Gasteiger charge is -2.50. The number of carbonyl (C=O) groups is 1. The molecule has 1 amide bonds. The van der Waals surface area contributed by atoms with Crippen LogP contribution in [0.5, 0.6) is 0 Å². The summed E-state index contributed by atoms with van der Waals surface area (Å²) in [4.78, 5) is 18.3. The van der Waals surface area contributed by atoms with E-state index in [-0.39, 0.29) is 11.3 Å². The second-order valence-electron chi connectivity index (χ2n) is 6.78. The number of nitrogens with zero attached hydrogens (tertiary/aromatic N) is 4. The Morgan fingerprint density at radius 3 is 2.33 bits per heavy atom. The van der Waals surface area contributed by atoms with Crippen molar-refractivity contribution in [2.24, 2.45) is 11.3 Å². The third-order valence-electron chi connectivity index (χ3n) is 5.02. The van der Waals surface area contributed by atoms with Crippen LogP contribution >= 0.6 is 0 Å².